The van der Waals surface area contributed by atoms with E-state index in [0.717, 1.165) is 49.3 Å². The van der Waals surface area contributed by atoms with E-state index in [0.29, 0.717) is 61.9 Å². The summed E-state index contributed by atoms with van der Waals surface area (Å²) in [4.78, 5) is 23.9. The van der Waals surface area contributed by atoms with Gasteiger partial charge in [0, 0.05) is 12.8 Å². The molecule has 0 fully saturated rings. The summed E-state index contributed by atoms with van der Waals surface area (Å²) in [6.45, 7) is 6.52. The number of unbranched alkanes of at least 4 members (excludes halogenated alkanes) is 3. The highest BCUT2D eigenvalue weighted by Crippen LogP contribution is 2.32. The van der Waals surface area contributed by atoms with E-state index in [2.05, 4.69) is 0 Å². The predicted octanol–water partition coefficient (Wildman–Crippen LogP) is 7.39. The number of sulfone groups is 1. The first-order chi connectivity index (χ1) is 23.1. The van der Waals surface area contributed by atoms with Crippen LogP contribution >= 0.6 is 0 Å². The van der Waals surface area contributed by atoms with Gasteiger partial charge >= 0.3 is 11.9 Å². The largest absolute Gasteiger partial charge is 0.505 e. The number of carbonyl (C=O) groups excluding carboxylic acids is 2. The van der Waals surface area contributed by atoms with E-state index in [4.69, 9.17) is 18.9 Å². The zero-order valence-electron chi connectivity index (χ0n) is 28.1. The van der Waals surface area contributed by atoms with Crippen LogP contribution in [0.4, 0.5) is 4.39 Å². The van der Waals surface area contributed by atoms with Gasteiger partial charge in [0.2, 0.25) is 0 Å². The lowest BCUT2D eigenvalue weighted by Crippen LogP contribution is -2.10. The first-order valence-corrected chi connectivity index (χ1v) is 18.3. The minimum Gasteiger partial charge on any atom is -0.505 e. The summed E-state index contributed by atoms with van der Waals surface area (Å²) >= 11 is 0. The van der Waals surface area contributed by atoms with E-state index in [1.165, 1.54) is 24.3 Å². The Balaban J connectivity index is 1.57. The second kappa shape index (κ2) is 19.6. The summed E-state index contributed by atoms with van der Waals surface area (Å²) in [5.41, 5.74) is 3.04. The van der Waals surface area contributed by atoms with Crippen molar-refractivity contribution in [1.29, 1.82) is 0 Å². The lowest BCUT2D eigenvalue weighted by Gasteiger charge is -2.16. The van der Waals surface area contributed by atoms with Gasteiger partial charge in [-0.3, -0.25) is 9.59 Å². The summed E-state index contributed by atoms with van der Waals surface area (Å²) < 4.78 is 61.1. The predicted molar refractivity (Wildman–Crippen MR) is 182 cm³/mol. The Hall–Kier alpha value is -4.12. The smallest absolute Gasteiger partial charge is 0.306 e. The molecular formula is C37H47FO9S. The number of hydrogen-bond acceptors (Lipinski definition) is 9. The van der Waals surface area contributed by atoms with Crippen LogP contribution in [0.1, 0.15) is 76.8 Å². The Bertz CT molecular complexity index is 1600. The topological polar surface area (TPSA) is 125 Å². The van der Waals surface area contributed by atoms with Crippen LogP contribution in [0.5, 0.6) is 17.2 Å². The molecule has 0 spiro atoms. The highest BCUT2D eigenvalue weighted by molar-refractivity contribution is 7.91. The van der Waals surface area contributed by atoms with E-state index in [1.54, 1.807) is 26.8 Å². The van der Waals surface area contributed by atoms with Crippen molar-refractivity contribution in [3.05, 3.63) is 71.5 Å². The maximum absolute atomic E-state index is 13.6. The van der Waals surface area contributed by atoms with Gasteiger partial charge in [0.05, 0.1) is 37.1 Å². The molecule has 48 heavy (non-hydrogen) atoms. The van der Waals surface area contributed by atoms with Crippen molar-refractivity contribution in [1.82, 2.24) is 0 Å². The quantitative estimate of drug-likeness (QED) is 0.0902. The molecule has 0 aliphatic carbocycles. The third kappa shape index (κ3) is 12.2. The van der Waals surface area contributed by atoms with E-state index in [9.17, 15) is 27.5 Å². The third-order valence-electron chi connectivity index (χ3n) is 7.71. The van der Waals surface area contributed by atoms with Gasteiger partial charge in [-0.15, -0.1) is 0 Å². The molecule has 0 aliphatic heterocycles. The van der Waals surface area contributed by atoms with Crippen LogP contribution in [0, 0.1) is 5.82 Å². The van der Waals surface area contributed by atoms with E-state index < -0.39 is 21.4 Å². The average Bonchev–Trinajstić information content (AvgIpc) is 3.07. The number of benzene rings is 3. The molecule has 0 heterocycles. The number of halogens is 1. The van der Waals surface area contributed by atoms with Crippen LogP contribution in [0.25, 0.3) is 11.1 Å². The fourth-order valence-corrected chi connectivity index (χ4v) is 6.11. The zero-order valence-corrected chi connectivity index (χ0v) is 28.9. The van der Waals surface area contributed by atoms with E-state index in [1.807, 2.05) is 18.2 Å². The maximum atomic E-state index is 13.6. The highest BCUT2D eigenvalue weighted by atomic mass is 32.2. The Morgan fingerprint density at radius 3 is 2.17 bits per heavy atom. The lowest BCUT2D eigenvalue weighted by molar-refractivity contribution is -0.144. The highest BCUT2D eigenvalue weighted by Gasteiger charge is 2.17. The number of phenols is 1. The van der Waals surface area contributed by atoms with Crippen LogP contribution in [-0.4, -0.2) is 57.6 Å². The first-order valence-electron chi connectivity index (χ1n) is 16.6. The molecule has 0 atom stereocenters. The summed E-state index contributed by atoms with van der Waals surface area (Å²) in [6.07, 6.45) is 5.79. The lowest BCUT2D eigenvalue weighted by atomic mass is 9.96. The van der Waals surface area contributed by atoms with Crippen molar-refractivity contribution in [3.8, 4) is 28.4 Å². The van der Waals surface area contributed by atoms with Gasteiger partial charge in [-0.05, 0) is 105 Å². The van der Waals surface area contributed by atoms with Gasteiger partial charge in [-0.2, -0.15) is 0 Å². The Morgan fingerprint density at radius 1 is 0.750 bits per heavy atom. The molecular weight excluding hydrogens is 639 g/mol. The van der Waals surface area contributed by atoms with Crippen molar-refractivity contribution in [3.63, 3.8) is 0 Å². The number of hydrogen-bond donors (Lipinski definition) is 1. The molecule has 0 amide bonds. The average molecular weight is 687 g/mol. The molecule has 3 aromatic carbocycles. The van der Waals surface area contributed by atoms with Crippen molar-refractivity contribution in [2.75, 3.05) is 32.2 Å². The molecule has 262 valence electrons. The molecule has 9 nitrogen and oxygen atoms in total. The standard InChI is InChI=1S/C37H47FO9S/c1-4-44-36(40)16-12-22-47-35-15-11-14-27(32(35)18-20-37(41)45-5-2)13-9-7-8-10-21-46-30-23-29(24-31(26-30)48(42,43)6-3)28-17-19-33(38)34(39)25-28/h11,14-15,17,19,23-26,39H,4-10,12-13,16,18,20-22H2,1-3H3. The second-order valence-corrected chi connectivity index (χ2v) is 13.5. The Kier molecular flexibility index (Phi) is 15.7. The van der Waals surface area contributed by atoms with Gasteiger partial charge in [0.1, 0.15) is 11.5 Å². The van der Waals surface area contributed by atoms with Crippen LogP contribution in [0.15, 0.2) is 59.5 Å². The molecule has 1 N–H and O–H groups in total. The fraction of sp³-hybridized carbons (Fsp3) is 0.459. The van der Waals surface area contributed by atoms with Crippen molar-refractivity contribution >= 4 is 21.8 Å². The van der Waals surface area contributed by atoms with Gasteiger partial charge in [0.15, 0.2) is 21.4 Å². The molecule has 0 bridgehead atoms. The minimum absolute atomic E-state index is 0.0837. The summed E-state index contributed by atoms with van der Waals surface area (Å²) in [5.74, 6) is -0.790. The molecule has 0 unspecified atom stereocenters. The normalized spacial score (nSPS) is 11.2. The van der Waals surface area contributed by atoms with Crippen molar-refractivity contribution < 1.29 is 46.5 Å². The van der Waals surface area contributed by atoms with Crippen LogP contribution in [0.2, 0.25) is 0 Å². The summed E-state index contributed by atoms with van der Waals surface area (Å²) in [6, 6.07) is 14.4. The van der Waals surface area contributed by atoms with Crippen molar-refractivity contribution in [2.45, 2.75) is 83.5 Å². The zero-order chi connectivity index (χ0) is 34.9. The molecule has 0 saturated heterocycles. The summed E-state index contributed by atoms with van der Waals surface area (Å²) in [5, 5.41) is 9.83. The first kappa shape index (κ1) is 38.3. The molecule has 0 radical (unpaired) electrons. The Labute approximate surface area is 283 Å². The van der Waals surface area contributed by atoms with Crippen LogP contribution in [-0.2, 0) is 41.7 Å². The molecule has 0 aromatic heterocycles. The molecule has 0 saturated carbocycles. The third-order valence-corrected chi connectivity index (χ3v) is 9.42. The van der Waals surface area contributed by atoms with Crippen molar-refractivity contribution in [2.24, 2.45) is 0 Å². The summed E-state index contributed by atoms with van der Waals surface area (Å²) in [7, 11) is -3.54. The van der Waals surface area contributed by atoms with Gasteiger partial charge in [-0.25, -0.2) is 12.8 Å². The van der Waals surface area contributed by atoms with Crippen LogP contribution < -0.4 is 9.47 Å². The van der Waals surface area contributed by atoms with Gasteiger partial charge in [0.25, 0.3) is 0 Å². The van der Waals surface area contributed by atoms with E-state index >= 15 is 0 Å². The number of ether oxygens (including phenoxy) is 4. The van der Waals surface area contributed by atoms with Gasteiger partial charge in [-0.1, -0.05) is 38.0 Å². The molecule has 3 rings (SSSR count). The minimum atomic E-state index is -3.54. The SMILES string of the molecule is CCOC(=O)CCCOc1cccc(CCCCCCOc2cc(-c3ccc(F)c(O)c3)cc(S(=O)(=O)CC)c2)c1CCC(=O)OCC. The van der Waals surface area contributed by atoms with Gasteiger partial charge < -0.3 is 24.1 Å². The number of esters is 2. The Morgan fingerprint density at radius 2 is 1.46 bits per heavy atom. The number of phenolic OH excluding ortho intramolecular Hbond substituents is 1. The van der Waals surface area contributed by atoms with E-state index in [-0.39, 0.29) is 35.4 Å². The molecule has 11 heteroatoms. The van der Waals surface area contributed by atoms with Crippen LogP contribution in [0.3, 0.4) is 0 Å². The monoisotopic (exact) mass is 686 g/mol. The fourth-order valence-electron chi connectivity index (χ4n) is 5.18. The molecule has 0 aliphatic rings. The number of aryl methyl sites for hydroxylation is 1. The maximum Gasteiger partial charge on any atom is 0.306 e. The number of rotatable bonds is 21. The number of carbonyl (C=O) groups is 2. The molecule has 3 aromatic rings. The second-order valence-electron chi connectivity index (χ2n) is 11.2. The number of aromatic hydroxyl groups is 1.